The Labute approximate surface area is 191 Å². The van der Waals surface area contributed by atoms with Gasteiger partial charge in [-0.15, -0.1) is 21.5 Å². The summed E-state index contributed by atoms with van der Waals surface area (Å²) in [4.78, 5) is 35.9. The number of amides is 1. The average molecular weight is 480 g/mol. The molecule has 32 heavy (non-hydrogen) atoms. The van der Waals surface area contributed by atoms with Crippen LogP contribution in [0.4, 0.5) is 5.00 Å². The Hall–Kier alpha value is -3.32. The molecule has 0 radical (unpaired) electrons. The van der Waals surface area contributed by atoms with Crippen molar-refractivity contribution in [1.29, 1.82) is 0 Å². The fourth-order valence-corrected chi connectivity index (χ4v) is 4.98. The number of aromatic nitrogens is 3. The zero-order valence-electron chi connectivity index (χ0n) is 17.3. The van der Waals surface area contributed by atoms with Crippen LogP contribution < -0.4 is 11.5 Å². The van der Waals surface area contributed by atoms with Crippen molar-refractivity contribution in [2.75, 3.05) is 20.0 Å². The highest BCUT2D eigenvalue weighted by Gasteiger charge is 2.28. The zero-order chi connectivity index (χ0) is 23.3. The van der Waals surface area contributed by atoms with Crippen LogP contribution in [0.25, 0.3) is 0 Å². The van der Waals surface area contributed by atoms with Crippen molar-refractivity contribution in [2.24, 2.45) is 5.73 Å². The maximum absolute atomic E-state index is 12.3. The largest absolute Gasteiger partial charge is 0.467 e. The molecule has 13 heteroatoms. The van der Waals surface area contributed by atoms with E-state index in [-0.39, 0.29) is 27.6 Å². The van der Waals surface area contributed by atoms with Crippen LogP contribution >= 0.6 is 23.1 Å². The second-order valence-electron chi connectivity index (χ2n) is 6.45. The summed E-state index contributed by atoms with van der Waals surface area (Å²) in [7, 11) is 2.48. The van der Waals surface area contributed by atoms with Crippen molar-refractivity contribution < 1.29 is 28.3 Å². The van der Waals surface area contributed by atoms with Gasteiger partial charge in [-0.3, -0.25) is 9.36 Å². The highest BCUT2D eigenvalue weighted by Crippen LogP contribution is 2.36. The summed E-state index contributed by atoms with van der Waals surface area (Å²) in [5.41, 5.74) is 11.8. The maximum atomic E-state index is 12.3. The number of hydrogen-bond acceptors (Lipinski definition) is 11. The van der Waals surface area contributed by atoms with Gasteiger partial charge in [0.2, 0.25) is 5.91 Å². The molecular formula is C19H21N5O6S2. The number of carbonyl (C=O) groups excluding carboxylic acids is 3. The summed E-state index contributed by atoms with van der Waals surface area (Å²) in [6.07, 6.45) is 1.96. The van der Waals surface area contributed by atoms with E-state index >= 15 is 0 Å². The number of rotatable bonds is 10. The summed E-state index contributed by atoms with van der Waals surface area (Å²) in [5, 5.41) is 9.04. The van der Waals surface area contributed by atoms with Crippen LogP contribution in [0.15, 0.2) is 28.0 Å². The first-order valence-electron chi connectivity index (χ1n) is 9.29. The van der Waals surface area contributed by atoms with E-state index in [4.69, 9.17) is 25.4 Å². The van der Waals surface area contributed by atoms with Crippen LogP contribution in [-0.2, 0) is 33.0 Å². The molecule has 0 saturated heterocycles. The lowest BCUT2D eigenvalue weighted by Crippen LogP contribution is -2.14. The molecule has 0 fully saturated rings. The van der Waals surface area contributed by atoms with Crippen molar-refractivity contribution in [1.82, 2.24) is 14.8 Å². The smallest absolute Gasteiger partial charge is 0.348 e. The summed E-state index contributed by atoms with van der Waals surface area (Å²) < 4.78 is 16.9. The number of nitrogen functional groups attached to an aromatic ring is 1. The third-order valence-corrected chi connectivity index (χ3v) is 6.46. The van der Waals surface area contributed by atoms with Gasteiger partial charge in [-0.2, -0.15) is 0 Å². The van der Waals surface area contributed by atoms with Crippen LogP contribution in [0.5, 0.6) is 0 Å². The molecule has 0 spiro atoms. The second-order valence-corrected chi connectivity index (χ2v) is 8.45. The molecule has 3 aromatic rings. The Bertz CT molecular complexity index is 1120. The van der Waals surface area contributed by atoms with Crippen LogP contribution in [0.3, 0.4) is 0 Å². The number of esters is 2. The number of anilines is 1. The van der Waals surface area contributed by atoms with Crippen molar-refractivity contribution in [3.05, 3.63) is 46.0 Å². The second kappa shape index (κ2) is 10.3. The van der Waals surface area contributed by atoms with Crippen LogP contribution in [0.2, 0.25) is 0 Å². The Morgan fingerprint density at radius 1 is 1.22 bits per heavy atom. The summed E-state index contributed by atoms with van der Waals surface area (Å²) in [6.45, 7) is 0.329. The number of furan rings is 1. The maximum Gasteiger partial charge on any atom is 0.348 e. The van der Waals surface area contributed by atoms with Crippen molar-refractivity contribution in [3.8, 4) is 0 Å². The van der Waals surface area contributed by atoms with E-state index < -0.39 is 17.8 Å². The standard InChI is InChI=1S/C19H21N5O6S2/c1-28-17(26)14-11(15(18(27)29-2)32-16(14)21)9-31-19-23-22-13(6-5-12(20)25)24(19)8-10-4-3-7-30-10/h3-4,7H,5-6,8-9,21H2,1-2H3,(H2,20,25). The van der Waals surface area contributed by atoms with Crippen LogP contribution in [-0.4, -0.2) is 46.8 Å². The SMILES string of the molecule is COC(=O)c1sc(N)c(C(=O)OC)c1CSc1nnc(CCC(N)=O)n1Cc1ccco1. The van der Waals surface area contributed by atoms with Crippen molar-refractivity contribution in [2.45, 2.75) is 30.3 Å². The number of nitrogens with two attached hydrogens (primary N) is 2. The van der Waals surface area contributed by atoms with Gasteiger partial charge >= 0.3 is 11.9 Å². The highest BCUT2D eigenvalue weighted by atomic mass is 32.2. The van der Waals surface area contributed by atoms with Crippen LogP contribution in [0, 0.1) is 0 Å². The minimum atomic E-state index is -0.649. The van der Waals surface area contributed by atoms with Crippen molar-refractivity contribution in [3.63, 3.8) is 0 Å². The number of hydrogen-bond donors (Lipinski definition) is 2. The van der Waals surface area contributed by atoms with Gasteiger partial charge in [-0.1, -0.05) is 11.8 Å². The number of ether oxygens (including phenoxy) is 2. The number of carbonyl (C=O) groups is 3. The van der Waals surface area contributed by atoms with Gasteiger partial charge in [0, 0.05) is 24.2 Å². The molecule has 0 aliphatic heterocycles. The molecule has 4 N–H and O–H groups in total. The van der Waals surface area contributed by atoms with Gasteiger partial charge < -0.3 is 25.4 Å². The molecule has 0 saturated carbocycles. The minimum absolute atomic E-state index is 0.112. The average Bonchev–Trinajstić information content (AvgIpc) is 3.49. The molecular weight excluding hydrogens is 458 g/mol. The molecule has 0 aliphatic rings. The quantitative estimate of drug-likeness (QED) is 0.323. The fraction of sp³-hybridized carbons (Fsp3) is 0.316. The monoisotopic (exact) mass is 479 g/mol. The number of methoxy groups -OCH3 is 2. The summed E-state index contributed by atoms with van der Waals surface area (Å²) >= 11 is 2.20. The lowest BCUT2D eigenvalue weighted by molar-refractivity contribution is -0.118. The van der Waals surface area contributed by atoms with E-state index in [1.807, 2.05) is 0 Å². The predicted molar refractivity (Wildman–Crippen MR) is 116 cm³/mol. The van der Waals surface area contributed by atoms with E-state index in [1.54, 1.807) is 23.0 Å². The summed E-state index contributed by atoms with van der Waals surface area (Å²) in [5.74, 6) is -0.318. The molecule has 0 atom stereocenters. The molecule has 0 unspecified atom stereocenters. The van der Waals surface area contributed by atoms with Gasteiger partial charge in [0.25, 0.3) is 0 Å². The van der Waals surface area contributed by atoms with Gasteiger partial charge in [0.1, 0.15) is 21.5 Å². The van der Waals surface area contributed by atoms with E-state index in [9.17, 15) is 14.4 Å². The van der Waals surface area contributed by atoms with Gasteiger partial charge in [0.05, 0.1) is 32.6 Å². The predicted octanol–water partition coefficient (Wildman–Crippen LogP) is 1.85. The normalized spacial score (nSPS) is 10.8. The Morgan fingerprint density at radius 2 is 1.97 bits per heavy atom. The molecule has 3 rings (SSSR count). The lowest BCUT2D eigenvalue weighted by atomic mass is 10.1. The Morgan fingerprint density at radius 3 is 2.59 bits per heavy atom. The molecule has 0 aliphatic carbocycles. The number of aryl methyl sites for hydroxylation is 1. The first kappa shape index (κ1) is 23.3. The first-order chi connectivity index (χ1) is 15.3. The summed E-state index contributed by atoms with van der Waals surface area (Å²) in [6, 6.07) is 3.56. The Kier molecular flexibility index (Phi) is 7.53. The zero-order valence-corrected chi connectivity index (χ0v) is 19.0. The first-order valence-corrected chi connectivity index (χ1v) is 11.1. The van der Waals surface area contributed by atoms with Crippen molar-refractivity contribution >= 4 is 45.9 Å². The van der Waals surface area contributed by atoms with E-state index in [0.717, 1.165) is 11.3 Å². The molecule has 3 heterocycles. The number of thiophene rings is 1. The number of nitrogens with zero attached hydrogens (tertiary/aromatic N) is 3. The van der Waals surface area contributed by atoms with Crippen LogP contribution in [0.1, 0.15) is 43.6 Å². The third kappa shape index (κ3) is 5.11. The molecule has 1 amide bonds. The van der Waals surface area contributed by atoms with E-state index in [0.29, 0.717) is 35.3 Å². The number of primary amides is 1. The Balaban J connectivity index is 1.93. The molecule has 0 bridgehead atoms. The van der Waals surface area contributed by atoms with E-state index in [2.05, 4.69) is 10.2 Å². The molecule has 3 aromatic heterocycles. The minimum Gasteiger partial charge on any atom is -0.467 e. The third-order valence-electron chi connectivity index (χ3n) is 4.42. The molecule has 170 valence electrons. The van der Waals surface area contributed by atoms with E-state index in [1.165, 1.54) is 26.0 Å². The highest BCUT2D eigenvalue weighted by molar-refractivity contribution is 7.98. The topological polar surface area (TPSA) is 166 Å². The lowest BCUT2D eigenvalue weighted by Gasteiger charge is -2.09. The number of thioether (sulfide) groups is 1. The fourth-order valence-electron chi connectivity index (χ4n) is 2.91. The molecule has 11 nitrogen and oxygen atoms in total. The molecule has 0 aromatic carbocycles. The van der Waals surface area contributed by atoms with Gasteiger partial charge in [-0.05, 0) is 12.1 Å². The van der Waals surface area contributed by atoms with Gasteiger partial charge in [-0.25, -0.2) is 9.59 Å². The van der Waals surface area contributed by atoms with Gasteiger partial charge in [0.15, 0.2) is 5.16 Å².